The quantitative estimate of drug-likeness (QED) is 0.193. The summed E-state index contributed by atoms with van der Waals surface area (Å²) in [6.07, 6.45) is 0.398. The first-order valence-corrected chi connectivity index (χ1v) is 15.8. The molecular formula is C28H18BrClN2O8S2. The molecule has 2 N–H and O–H groups in total. The minimum absolute atomic E-state index is 0.00338. The van der Waals surface area contributed by atoms with Gasteiger partial charge in [-0.05, 0) is 60.7 Å². The van der Waals surface area contributed by atoms with Crippen molar-refractivity contribution in [3.63, 3.8) is 0 Å². The van der Waals surface area contributed by atoms with Crippen LogP contribution in [0.15, 0.2) is 105 Å². The van der Waals surface area contributed by atoms with Crippen LogP contribution >= 0.6 is 27.5 Å². The van der Waals surface area contributed by atoms with E-state index in [2.05, 4.69) is 15.9 Å². The molecule has 42 heavy (non-hydrogen) atoms. The van der Waals surface area contributed by atoms with E-state index < -0.39 is 37.6 Å². The summed E-state index contributed by atoms with van der Waals surface area (Å²) in [5.74, 6) is -2.72. The van der Waals surface area contributed by atoms with Gasteiger partial charge in [0, 0.05) is 32.3 Å². The van der Waals surface area contributed by atoms with Crippen molar-refractivity contribution in [2.24, 2.45) is 0 Å². The highest BCUT2D eigenvalue weighted by atomic mass is 79.9. The van der Waals surface area contributed by atoms with Crippen LogP contribution in [0.4, 0.5) is 0 Å². The zero-order chi connectivity index (χ0) is 30.7. The minimum Gasteiger partial charge on any atom is -0.298 e. The van der Waals surface area contributed by atoms with Gasteiger partial charge in [-0.1, -0.05) is 57.9 Å². The smallest absolute Gasteiger partial charge is 0.265 e. The lowest BCUT2D eigenvalue weighted by Crippen LogP contribution is -2.31. The standard InChI is InChI=1S/C28H18BrClN2O8S2/c29-21-11-13-22(14-12-21)41(37,38)31-28(36)19-9-10-20(16-33)23(15-19)26(34)17-5-7-18(8-6-17)27(35)32-42(39,40)25-4-2-1-3-24(25)30/h1-16H,(H,31,36)(H,32,35). The molecule has 0 saturated carbocycles. The molecule has 0 aromatic heterocycles. The third kappa shape index (κ3) is 6.82. The van der Waals surface area contributed by atoms with Crippen LogP contribution in [0.3, 0.4) is 0 Å². The minimum atomic E-state index is -4.28. The van der Waals surface area contributed by atoms with Gasteiger partial charge < -0.3 is 0 Å². The number of rotatable bonds is 9. The Balaban J connectivity index is 1.55. The highest BCUT2D eigenvalue weighted by molar-refractivity contribution is 9.10. The van der Waals surface area contributed by atoms with Gasteiger partial charge in [-0.3, -0.25) is 19.2 Å². The first-order chi connectivity index (χ1) is 19.8. The SMILES string of the molecule is O=Cc1ccc(C(=O)NS(=O)(=O)c2ccc(Br)cc2)cc1C(=O)c1ccc(C(=O)NS(=O)(=O)c2ccccc2Cl)cc1. The van der Waals surface area contributed by atoms with Crippen molar-refractivity contribution >= 4 is 71.5 Å². The number of carbonyl (C=O) groups excluding carboxylic acids is 4. The summed E-state index contributed by atoms with van der Waals surface area (Å²) >= 11 is 9.12. The van der Waals surface area contributed by atoms with Crippen molar-refractivity contribution in [3.05, 3.63) is 128 Å². The van der Waals surface area contributed by atoms with Gasteiger partial charge in [0.25, 0.3) is 31.9 Å². The van der Waals surface area contributed by atoms with Gasteiger partial charge in [0.15, 0.2) is 12.1 Å². The van der Waals surface area contributed by atoms with E-state index in [1.165, 1.54) is 84.9 Å². The second-order valence-electron chi connectivity index (χ2n) is 8.58. The zero-order valence-electron chi connectivity index (χ0n) is 21.1. The molecule has 0 fully saturated rings. The van der Waals surface area contributed by atoms with Gasteiger partial charge in [0.05, 0.1) is 9.92 Å². The molecule has 0 aliphatic heterocycles. The number of amides is 2. The number of ketones is 1. The maximum Gasteiger partial charge on any atom is 0.265 e. The molecule has 0 radical (unpaired) electrons. The van der Waals surface area contributed by atoms with Crippen LogP contribution in [0.25, 0.3) is 0 Å². The third-order valence-corrected chi connectivity index (χ3v) is 9.51. The summed E-state index contributed by atoms with van der Waals surface area (Å²) in [4.78, 5) is 49.8. The molecule has 0 aliphatic carbocycles. The van der Waals surface area contributed by atoms with E-state index in [0.29, 0.717) is 10.8 Å². The summed E-state index contributed by atoms with van der Waals surface area (Å²) in [6.45, 7) is 0. The molecule has 4 rings (SSSR count). The number of nitrogens with one attached hydrogen (secondary N) is 2. The number of aldehydes is 1. The van der Waals surface area contributed by atoms with Crippen LogP contribution in [0.5, 0.6) is 0 Å². The normalized spacial score (nSPS) is 11.4. The van der Waals surface area contributed by atoms with Crippen molar-refractivity contribution in [3.8, 4) is 0 Å². The first-order valence-electron chi connectivity index (χ1n) is 11.7. The molecule has 14 heteroatoms. The third-order valence-electron chi connectivity index (χ3n) is 5.80. The molecule has 0 aliphatic rings. The summed E-state index contributed by atoms with van der Waals surface area (Å²) in [5.41, 5.74) is -0.560. The van der Waals surface area contributed by atoms with E-state index >= 15 is 0 Å². The summed E-state index contributed by atoms with van der Waals surface area (Å²) in [5, 5.41) is -0.0773. The monoisotopic (exact) mass is 688 g/mol. The lowest BCUT2D eigenvalue weighted by atomic mass is 9.96. The van der Waals surface area contributed by atoms with Crippen molar-refractivity contribution in [1.29, 1.82) is 0 Å². The Labute approximate surface area is 254 Å². The van der Waals surface area contributed by atoms with Crippen molar-refractivity contribution in [2.75, 3.05) is 0 Å². The van der Waals surface area contributed by atoms with Gasteiger partial charge in [0.2, 0.25) is 0 Å². The van der Waals surface area contributed by atoms with Gasteiger partial charge in [-0.2, -0.15) is 0 Å². The number of hydrogen-bond acceptors (Lipinski definition) is 8. The van der Waals surface area contributed by atoms with E-state index in [9.17, 15) is 36.0 Å². The van der Waals surface area contributed by atoms with Crippen molar-refractivity contribution in [2.45, 2.75) is 9.79 Å². The van der Waals surface area contributed by atoms with Crippen LogP contribution in [-0.2, 0) is 20.0 Å². The first kappa shape index (κ1) is 30.8. The molecule has 214 valence electrons. The fourth-order valence-corrected chi connectivity index (χ4v) is 6.41. The number of hydrogen-bond donors (Lipinski definition) is 2. The summed E-state index contributed by atoms with van der Waals surface area (Å²) in [7, 11) is -8.52. The average Bonchev–Trinajstić information content (AvgIpc) is 2.96. The highest BCUT2D eigenvalue weighted by Crippen LogP contribution is 2.22. The van der Waals surface area contributed by atoms with Gasteiger partial charge in [0.1, 0.15) is 4.90 Å². The summed E-state index contributed by atoms with van der Waals surface area (Å²) < 4.78 is 54.8. The predicted molar refractivity (Wildman–Crippen MR) is 157 cm³/mol. The van der Waals surface area contributed by atoms with Crippen molar-refractivity contribution in [1.82, 2.24) is 9.44 Å². The maximum atomic E-state index is 13.2. The maximum absolute atomic E-state index is 13.2. The second-order valence-corrected chi connectivity index (χ2v) is 13.2. The Morgan fingerprint density at radius 2 is 1.24 bits per heavy atom. The molecule has 0 bridgehead atoms. The molecule has 10 nitrogen and oxygen atoms in total. The van der Waals surface area contributed by atoms with Crippen LogP contribution in [0.2, 0.25) is 5.02 Å². The van der Waals surface area contributed by atoms with Crippen LogP contribution in [0, 0.1) is 0 Å². The lowest BCUT2D eigenvalue weighted by Gasteiger charge is -2.11. The van der Waals surface area contributed by atoms with E-state index in [-0.39, 0.29) is 42.6 Å². The number of halogens is 2. The van der Waals surface area contributed by atoms with Gasteiger partial charge in [-0.15, -0.1) is 0 Å². The number of benzene rings is 4. The van der Waals surface area contributed by atoms with Gasteiger partial charge in [-0.25, -0.2) is 26.3 Å². The van der Waals surface area contributed by atoms with E-state index in [1.807, 2.05) is 9.44 Å². The Hall–Kier alpha value is -4.17. The topological polar surface area (TPSA) is 161 Å². The molecular weight excluding hydrogens is 672 g/mol. The molecule has 4 aromatic carbocycles. The van der Waals surface area contributed by atoms with E-state index in [0.717, 1.165) is 6.07 Å². The van der Waals surface area contributed by atoms with Gasteiger partial charge >= 0.3 is 0 Å². The fourth-order valence-electron chi connectivity index (χ4n) is 3.68. The number of carbonyl (C=O) groups is 4. The lowest BCUT2D eigenvalue weighted by molar-refractivity contribution is 0.0971. The molecule has 0 atom stereocenters. The Bertz CT molecular complexity index is 1940. The van der Waals surface area contributed by atoms with Crippen LogP contribution in [0.1, 0.15) is 47.0 Å². The molecule has 2 amide bonds. The Morgan fingerprint density at radius 1 is 0.690 bits per heavy atom. The Morgan fingerprint density at radius 3 is 1.86 bits per heavy atom. The second kappa shape index (κ2) is 12.4. The molecule has 0 unspecified atom stereocenters. The van der Waals surface area contributed by atoms with Crippen LogP contribution < -0.4 is 9.44 Å². The molecule has 4 aromatic rings. The zero-order valence-corrected chi connectivity index (χ0v) is 25.1. The molecule has 0 heterocycles. The number of sulfonamides is 2. The van der Waals surface area contributed by atoms with E-state index in [4.69, 9.17) is 11.6 Å². The molecule has 0 saturated heterocycles. The highest BCUT2D eigenvalue weighted by Gasteiger charge is 2.23. The predicted octanol–water partition coefficient (Wildman–Crippen LogP) is 4.38. The van der Waals surface area contributed by atoms with Crippen LogP contribution in [-0.4, -0.2) is 40.7 Å². The van der Waals surface area contributed by atoms with Crippen molar-refractivity contribution < 1.29 is 36.0 Å². The average molecular weight is 690 g/mol. The largest absolute Gasteiger partial charge is 0.298 e. The Kier molecular flexibility index (Phi) is 9.06. The summed E-state index contributed by atoms with van der Waals surface area (Å²) in [6, 6.07) is 19.5. The molecule has 0 spiro atoms. The van der Waals surface area contributed by atoms with E-state index in [1.54, 1.807) is 0 Å². The fraction of sp³-hybridized carbons (Fsp3) is 0.